The molecule has 0 aromatic heterocycles. The van der Waals surface area contributed by atoms with Gasteiger partial charge in [-0.05, 0) is 64.4 Å². The molecule has 0 unspecified atom stereocenters. The molecule has 4 atom stereocenters. The van der Waals surface area contributed by atoms with Crippen molar-refractivity contribution in [3.05, 3.63) is 69.7 Å². The maximum Gasteiger partial charge on any atom is 0.254 e. The van der Waals surface area contributed by atoms with Gasteiger partial charge < -0.3 is 9.47 Å². The monoisotopic (exact) mass is 494 g/mol. The quantitative estimate of drug-likeness (QED) is 0.337. The van der Waals surface area contributed by atoms with E-state index in [2.05, 4.69) is 33.2 Å². The van der Waals surface area contributed by atoms with Crippen molar-refractivity contribution in [3.8, 4) is 11.5 Å². The fraction of sp³-hybridized carbons (Fsp3) is 0.320. The van der Waals surface area contributed by atoms with Crippen LogP contribution in [0.3, 0.4) is 0 Å². The van der Waals surface area contributed by atoms with Crippen molar-refractivity contribution in [2.24, 2.45) is 28.8 Å². The summed E-state index contributed by atoms with van der Waals surface area (Å²) in [5, 5.41) is 5.29. The highest BCUT2D eigenvalue weighted by molar-refractivity contribution is 9.10. The summed E-state index contributed by atoms with van der Waals surface area (Å²) < 4.78 is 12.2. The minimum absolute atomic E-state index is 0.167. The minimum Gasteiger partial charge on any atom is -0.493 e. The van der Waals surface area contributed by atoms with E-state index >= 15 is 0 Å². The molecule has 0 spiro atoms. The van der Waals surface area contributed by atoms with Gasteiger partial charge in [-0.3, -0.25) is 9.59 Å². The lowest BCUT2D eigenvalue weighted by Gasteiger charge is -2.14. The van der Waals surface area contributed by atoms with Crippen LogP contribution in [0.4, 0.5) is 0 Å². The van der Waals surface area contributed by atoms with Crippen LogP contribution in [0.25, 0.3) is 0 Å². The molecule has 32 heavy (non-hydrogen) atoms. The van der Waals surface area contributed by atoms with E-state index < -0.39 is 0 Å². The normalized spacial score (nSPS) is 25.8. The summed E-state index contributed by atoms with van der Waals surface area (Å²) in [5.41, 5.74) is 2.93. The van der Waals surface area contributed by atoms with Crippen molar-refractivity contribution < 1.29 is 19.1 Å². The number of rotatable bonds is 6. The zero-order valence-electron chi connectivity index (χ0n) is 17.8. The van der Waals surface area contributed by atoms with Gasteiger partial charge in [0.2, 0.25) is 0 Å². The molecular formula is C25H23BrN2O4. The van der Waals surface area contributed by atoms with Gasteiger partial charge in [0.1, 0.15) is 6.61 Å². The predicted octanol–water partition coefficient (Wildman–Crippen LogP) is 4.49. The van der Waals surface area contributed by atoms with E-state index in [1.807, 2.05) is 37.3 Å². The molecule has 1 saturated carbocycles. The van der Waals surface area contributed by atoms with Crippen molar-refractivity contribution in [3.63, 3.8) is 0 Å². The summed E-state index contributed by atoms with van der Waals surface area (Å²) in [5.74, 6) is 0.542. The van der Waals surface area contributed by atoms with Gasteiger partial charge in [-0.1, -0.05) is 42.0 Å². The van der Waals surface area contributed by atoms with Crippen molar-refractivity contribution in [2.75, 3.05) is 7.11 Å². The largest absolute Gasteiger partial charge is 0.493 e. The Balaban J connectivity index is 1.33. The maximum absolute atomic E-state index is 12.8. The van der Waals surface area contributed by atoms with Gasteiger partial charge >= 0.3 is 0 Å². The molecule has 0 radical (unpaired) electrons. The predicted molar refractivity (Wildman–Crippen MR) is 123 cm³/mol. The Morgan fingerprint density at radius 3 is 2.38 bits per heavy atom. The lowest BCUT2D eigenvalue weighted by molar-refractivity contribution is -0.140. The second-order valence-electron chi connectivity index (χ2n) is 8.54. The molecule has 2 bridgehead atoms. The SMILES string of the molecule is COc1cc(C=NN2C(=O)[C@@H]3[C@H](C2=O)[C@H]2C=C[C@H]3C2)cc(Br)c1OCc1ccc(C)cc1. The summed E-state index contributed by atoms with van der Waals surface area (Å²) in [6, 6.07) is 11.7. The molecule has 3 aliphatic rings. The Morgan fingerprint density at radius 2 is 1.75 bits per heavy atom. The van der Waals surface area contributed by atoms with E-state index in [-0.39, 0.29) is 35.5 Å². The average molecular weight is 495 g/mol. The van der Waals surface area contributed by atoms with Crippen LogP contribution >= 0.6 is 15.9 Å². The Kier molecular flexibility index (Phi) is 5.37. The third-order valence-corrected chi connectivity index (χ3v) is 7.11. The Bertz CT molecular complexity index is 1110. The first-order valence-corrected chi connectivity index (χ1v) is 11.4. The van der Waals surface area contributed by atoms with Crippen molar-refractivity contribution in [2.45, 2.75) is 20.0 Å². The molecule has 2 aromatic carbocycles. The fourth-order valence-corrected chi connectivity index (χ4v) is 5.49. The standard InChI is InChI=1S/C25H23BrN2O4/c1-14-3-5-15(6-4-14)13-32-23-19(26)9-16(10-20(23)31-2)12-27-28-24(29)21-17-7-8-18(11-17)22(21)25(28)30/h3-10,12,17-18,21-22H,11,13H2,1-2H3/t17-,18-,21-,22+/m0/s1. The summed E-state index contributed by atoms with van der Waals surface area (Å²) in [7, 11) is 1.57. The number of methoxy groups -OCH3 is 1. The number of hydrogen-bond donors (Lipinski definition) is 0. The second kappa shape index (κ2) is 8.20. The van der Waals surface area contributed by atoms with Gasteiger partial charge in [0.25, 0.3) is 11.8 Å². The number of benzene rings is 2. The number of nitrogens with zero attached hydrogens (tertiary/aromatic N) is 2. The van der Waals surface area contributed by atoms with E-state index in [1.54, 1.807) is 13.2 Å². The highest BCUT2D eigenvalue weighted by Crippen LogP contribution is 2.52. The molecule has 1 aliphatic heterocycles. The van der Waals surface area contributed by atoms with Crippen molar-refractivity contribution >= 4 is 34.0 Å². The van der Waals surface area contributed by atoms with E-state index in [0.29, 0.717) is 28.1 Å². The number of allylic oxidation sites excluding steroid dienone is 2. The smallest absolute Gasteiger partial charge is 0.254 e. The number of ether oxygens (including phenoxy) is 2. The van der Waals surface area contributed by atoms with Gasteiger partial charge in [-0.15, -0.1) is 0 Å². The topological polar surface area (TPSA) is 68.2 Å². The molecule has 1 saturated heterocycles. The molecule has 2 aromatic rings. The number of carbonyl (C=O) groups is 2. The maximum atomic E-state index is 12.8. The van der Waals surface area contributed by atoms with Gasteiger partial charge in [0.05, 0.1) is 29.6 Å². The first-order chi connectivity index (χ1) is 15.5. The van der Waals surface area contributed by atoms with Gasteiger partial charge in [-0.25, -0.2) is 0 Å². The highest BCUT2D eigenvalue weighted by Gasteiger charge is 2.59. The Labute approximate surface area is 195 Å². The van der Waals surface area contributed by atoms with Crippen LogP contribution in [0, 0.1) is 30.6 Å². The highest BCUT2D eigenvalue weighted by atomic mass is 79.9. The van der Waals surface area contributed by atoms with Crippen LogP contribution < -0.4 is 9.47 Å². The number of hydrogen-bond acceptors (Lipinski definition) is 5. The molecule has 7 heteroatoms. The summed E-state index contributed by atoms with van der Waals surface area (Å²) in [6.45, 7) is 2.44. The van der Waals surface area contributed by atoms with E-state index in [9.17, 15) is 9.59 Å². The molecule has 5 rings (SSSR count). The first kappa shape index (κ1) is 20.9. The van der Waals surface area contributed by atoms with Gasteiger partial charge in [0.15, 0.2) is 11.5 Å². The molecule has 2 aliphatic carbocycles. The number of fused-ring (bicyclic) bond motifs is 5. The Hall–Kier alpha value is -2.93. The molecule has 2 fully saturated rings. The molecule has 0 N–H and O–H groups in total. The van der Waals surface area contributed by atoms with E-state index in [4.69, 9.17) is 9.47 Å². The number of aryl methyl sites for hydroxylation is 1. The number of halogens is 1. The minimum atomic E-state index is -0.256. The molecule has 1 heterocycles. The van der Waals surface area contributed by atoms with Gasteiger partial charge in [-0.2, -0.15) is 10.1 Å². The van der Waals surface area contributed by atoms with E-state index in [1.165, 1.54) is 11.8 Å². The Morgan fingerprint density at radius 1 is 1.09 bits per heavy atom. The summed E-state index contributed by atoms with van der Waals surface area (Å²) in [4.78, 5) is 25.6. The third kappa shape index (κ3) is 3.54. The lowest BCUT2D eigenvalue weighted by Crippen LogP contribution is -2.28. The van der Waals surface area contributed by atoms with E-state index in [0.717, 1.165) is 17.0 Å². The number of imide groups is 1. The van der Waals surface area contributed by atoms with Crippen LogP contribution in [0.1, 0.15) is 23.1 Å². The van der Waals surface area contributed by atoms with Crippen LogP contribution in [0.5, 0.6) is 11.5 Å². The zero-order chi connectivity index (χ0) is 22.4. The fourth-order valence-electron chi connectivity index (χ4n) is 4.92. The van der Waals surface area contributed by atoms with Gasteiger partial charge in [0, 0.05) is 0 Å². The van der Waals surface area contributed by atoms with Crippen LogP contribution in [0.2, 0.25) is 0 Å². The van der Waals surface area contributed by atoms with Crippen LogP contribution in [-0.2, 0) is 16.2 Å². The number of carbonyl (C=O) groups excluding carboxylic acids is 2. The zero-order valence-corrected chi connectivity index (χ0v) is 19.4. The molecule has 164 valence electrons. The number of hydrazone groups is 1. The summed E-state index contributed by atoms with van der Waals surface area (Å²) >= 11 is 3.54. The number of amides is 2. The second-order valence-corrected chi connectivity index (χ2v) is 9.40. The third-order valence-electron chi connectivity index (χ3n) is 6.52. The van der Waals surface area contributed by atoms with Crippen LogP contribution in [-0.4, -0.2) is 30.1 Å². The molecule has 2 amide bonds. The van der Waals surface area contributed by atoms with Crippen molar-refractivity contribution in [1.82, 2.24) is 5.01 Å². The average Bonchev–Trinajstić information content (AvgIpc) is 3.46. The first-order valence-electron chi connectivity index (χ1n) is 10.6. The van der Waals surface area contributed by atoms with Crippen LogP contribution in [0.15, 0.2) is 58.1 Å². The lowest BCUT2D eigenvalue weighted by atomic mass is 9.85. The van der Waals surface area contributed by atoms with Crippen molar-refractivity contribution in [1.29, 1.82) is 0 Å². The molecular weight excluding hydrogens is 472 g/mol. The summed E-state index contributed by atoms with van der Waals surface area (Å²) in [6.07, 6.45) is 6.56. The molecule has 6 nitrogen and oxygen atoms in total.